The van der Waals surface area contributed by atoms with E-state index in [0.29, 0.717) is 18.7 Å². The van der Waals surface area contributed by atoms with E-state index in [9.17, 15) is 14.4 Å². The second kappa shape index (κ2) is 10.8. The smallest absolute Gasteiger partial charge is 0.245 e. The predicted octanol–water partition coefficient (Wildman–Crippen LogP) is 2.44. The van der Waals surface area contributed by atoms with E-state index in [4.69, 9.17) is 5.21 Å². The molecule has 0 aliphatic carbocycles. The largest absolute Gasteiger partial charge is 0.354 e. The summed E-state index contributed by atoms with van der Waals surface area (Å²) in [6.07, 6.45) is 5.03. The molecule has 1 aliphatic rings. The Labute approximate surface area is 197 Å². The highest BCUT2D eigenvalue weighted by molar-refractivity contribution is 5.91. The fourth-order valence-corrected chi connectivity index (χ4v) is 4.02. The van der Waals surface area contributed by atoms with E-state index in [1.54, 1.807) is 11.7 Å². The van der Waals surface area contributed by atoms with Crippen LogP contribution in [-0.4, -0.2) is 45.1 Å². The number of benzene rings is 2. The maximum atomic E-state index is 13.1. The van der Waals surface area contributed by atoms with Crippen molar-refractivity contribution in [3.05, 3.63) is 67.1 Å². The number of imidazole rings is 1. The van der Waals surface area contributed by atoms with Crippen LogP contribution < -0.4 is 16.1 Å². The fourth-order valence-electron chi connectivity index (χ4n) is 4.02. The summed E-state index contributed by atoms with van der Waals surface area (Å²) in [5.41, 5.74) is 5.24. The van der Waals surface area contributed by atoms with Crippen molar-refractivity contribution in [2.75, 3.05) is 6.54 Å². The van der Waals surface area contributed by atoms with Crippen LogP contribution in [0.2, 0.25) is 0 Å². The van der Waals surface area contributed by atoms with Crippen LogP contribution >= 0.6 is 0 Å². The second-order valence-corrected chi connectivity index (χ2v) is 8.25. The van der Waals surface area contributed by atoms with E-state index < -0.39 is 23.9 Å². The summed E-state index contributed by atoms with van der Waals surface area (Å²) in [6, 6.07) is 16.2. The molecule has 0 saturated carbocycles. The molecule has 2 aromatic carbocycles. The summed E-state index contributed by atoms with van der Waals surface area (Å²) in [5.74, 6) is -1.44. The Bertz CT molecular complexity index is 1140. The van der Waals surface area contributed by atoms with Gasteiger partial charge in [-0.25, -0.2) is 10.5 Å². The molecule has 2 atom stereocenters. The highest BCUT2D eigenvalue weighted by Gasteiger charge is 2.29. The molecule has 0 radical (unpaired) electrons. The number of nitrogens with zero attached hydrogens (tertiary/aromatic N) is 2. The highest BCUT2D eigenvalue weighted by Crippen LogP contribution is 2.25. The van der Waals surface area contributed by atoms with Crippen molar-refractivity contribution in [2.45, 2.75) is 37.8 Å². The topological polar surface area (TPSA) is 125 Å². The van der Waals surface area contributed by atoms with Crippen molar-refractivity contribution in [1.29, 1.82) is 0 Å². The monoisotopic (exact) mass is 461 g/mol. The third-order valence-electron chi connectivity index (χ3n) is 5.91. The van der Waals surface area contributed by atoms with Crippen molar-refractivity contribution >= 4 is 17.7 Å². The average Bonchev–Trinajstić information content (AvgIpc) is 3.27. The first-order chi connectivity index (χ1) is 16.5. The summed E-state index contributed by atoms with van der Waals surface area (Å²) >= 11 is 0. The minimum absolute atomic E-state index is 0.235. The summed E-state index contributed by atoms with van der Waals surface area (Å²) in [5, 5.41) is 14.5. The average molecular weight is 462 g/mol. The number of rotatable bonds is 7. The molecule has 2 heterocycles. The van der Waals surface area contributed by atoms with Crippen LogP contribution in [0, 0.1) is 0 Å². The molecule has 4 N–H and O–H groups in total. The number of nitrogens with one attached hydrogen (secondary N) is 3. The highest BCUT2D eigenvalue weighted by atomic mass is 16.5. The minimum Gasteiger partial charge on any atom is -0.354 e. The zero-order valence-corrected chi connectivity index (χ0v) is 18.6. The first-order valence-electron chi connectivity index (χ1n) is 11.3. The van der Waals surface area contributed by atoms with Crippen LogP contribution in [-0.2, 0) is 14.4 Å². The Morgan fingerprint density at radius 1 is 1.06 bits per heavy atom. The Hall–Kier alpha value is -3.98. The van der Waals surface area contributed by atoms with Crippen molar-refractivity contribution in [2.24, 2.45) is 0 Å². The molecular formula is C25H27N5O4. The number of aromatic nitrogens is 2. The summed E-state index contributed by atoms with van der Waals surface area (Å²) in [7, 11) is 0. The second-order valence-electron chi connectivity index (χ2n) is 8.25. The Morgan fingerprint density at radius 2 is 1.76 bits per heavy atom. The van der Waals surface area contributed by atoms with E-state index in [1.807, 2.05) is 54.6 Å². The van der Waals surface area contributed by atoms with Crippen molar-refractivity contribution < 1.29 is 19.6 Å². The van der Waals surface area contributed by atoms with Crippen molar-refractivity contribution in [3.8, 4) is 22.4 Å². The lowest BCUT2D eigenvalue weighted by Crippen LogP contribution is -2.48. The van der Waals surface area contributed by atoms with Gasteiger partial charge in [0.15, 0.2) is 0 Å². The number of amides is 3. The van der Waals surface area contributed by atoms with E-state index in [0.717, 1.165) is 29.5 Å². The number of hydroxylamine groups is 1. The van der Waals surface area contributed by atoms with Crippen LogP contribution in [0.5, 0.6) is 0 Å². The molecule has 9 heteroatoms. The lowest BCUT2D eigenvalue weighted by atomic mass is 10.0. The maximum Gasteiger partial charge on any atom is 0.245 e. The molecule has 1 fully saturated rings. The molecule has 3 amide bonds. The number of hydrogen-bond donors (Lipinski definition) is 4. The van der Waals surface area contributed by atoms with Gasteiger partial charge in [-0.1, -0.05) is 54.6 Å². The lowest BCUT2D eigenvalue weighted by molar-refractivity contribution is -0.135. The zero-order valence-electron chi connectivity index (χ0n) is 18.6. The standard InChI is InChI=1S/C25H27N5O4/c31-23(29-34)14-22(25(33)28-20-8-4-5-13-26-24(20)32)30-15-21(27-16-30)19-11-9-18(10-12-19)17-6-2-1-3-7-17/h1-3,6-7,9-12,15-16,20,22,34H,4-5,8,13-14H2,(H,26,32)(H,28,33)(H,29,31). The quantitative estimate of drug-likeness (QED) is 0.318. The Morgan fingerprint density at radius 3 is 2.50 bits per heavy atom. The van der Waals surface area contributed by atoms with Gasteiger partial charge >= 0.3 is 0 Å². The van der Waals surface area contributed by atoms with Crippen LogP contribution in [0.3, 0.4) is 0 Å². The third-order valence-corrected chi connectivity index (χ3v) is 5.91. The summed E-state index contributed by atoms with van der Waals surface area (Å²) in [4.78, 5) is 41.6. The van der Waals surface area contributed by atoms with Gasteiger partial charge in [0.25, 0.3) is 0 Å². The first-order valence-corrected chi connectivity index (χ1v) is 11.3. The van der Waals surface area contributed by atoms with E-state index in [-0.39, 0.29) is 12.3 Å². The number of carbonyl (C=O) groups excluding carboxylic acids is 3. The third kappa shape index (κ3) is 5.49. The van der Waals surface area contributed by atoms with Gasteiger partial charge in [-0.3, -0.25) is 19.6 Å². The molecule has 34 heavy (non-hydrogen) atoms. The van der Waals surface area contributed by atoms with Crippen LogP contribution in [0.4, 0.5) is 0 Å². The molecular weight excluding hydrogens is 434 g/mol. The first kappa shape index (κ1) is 23.2. The van der Waals surface area contributed by atoms with Crippen molar-refractivity contribution in [3.63, 3.8) is 0 Å². The predicted molar refractivity (Wildman–Crippen MR) is 125 cm³/mol. The van der Waals surface area contributed by atoms with Gasteiger partial charge in [0, 0.05) is 18.3 Å². The minimum atomic E-state index is -0.979. The SMILES string of the molecule is O=C(CC(C(=O)NC1CCCCNC1=O)n1cnc(-c2ccc(-c3ccccc3)cc2)c1)NO. The number of carbonyl (C=O) groups is 3. The number of hydrogen-bond acceptors (Lipinski definition) is 5. The van der Waals surface area contributed by atoms with Gasteiger partial charge in [-0.2, -0.15) is 0 Å². The van der Waals surface area contributed by atoms with E-state index in [1.165, 1.54) is 10.9 Å². The van der Waals surface area contributed by atoms with Gasteiger partial charge in [0.2, 0.25) is 17.7 Å². The molecule has 0 spiro atoms. The van der Waals surface area contributed by atoms with Crippen LogP contribution in [0.25, 0.3) is 22.4 Å². The van der Waals surface area contributed by atoms with E-state index >= 15 is 0 Å². The van der Waals surface area contributed by atoms with Crippen molar-refractivity contribution in [1.82, 2.24) is 25.7 Å². The van der Waals surface area contributed by atoms with Crippen LogP contribution in [0.15, 0.2) is 67.1 Å². The van der Waals surface area contributed by atoms with Gasteiger partial charge in [0.1, 0.15) is 12.1 Å². The Kier molecular flexibility index (Phi) is 7.34. The lowest BCUT2D eigenvalue weighted by Gasteiger charge is -2.21. The molecule has 1 aliphatic heterocycles. The molecule has 1 saturated heterocycles. The summed E-state index contributed by atoms with van der Waals surface area (Å²) in [6.45, 7) is 0.579. The van der Waals surface area contributed by atoms with Gasteiger partial charge in [0.05, 0.1) is 18.4 Å². The molecule has 2 unspecified atom stereocenters. The molecule has 9 nitrogen and oxygen atoms in total. The van der Waals surface area contributed by atoms with Gasteiger partial charge in [-0.15, -0.1) is 0 Å². The molecule has 176 valence electrons. The zero-order chi connectivity index (χ0) is 23.9. The van der Waals surface area contributed by atoms with Gasteiger partial charge in [-0.05, 0) is 30.4 Å². The van der Waals surface area contributed by atoms with E-state index in [2.05, 4.69) is 15.6 Å². The molecule has 3 aromatic rings. The molecule has 4 rings (SSSR count). The normalized spacial score (nSPS) is 16.7. The van der Waals surface area contributed by atoms with Crippen LogP contribution in [0.1, 0.15) is 31.7 Å². The fraction of sp³-hybridized carbons (Fsp3) is 0.280. The van der Waals surface area contributed by atoms with Gasteiger partial charge < -0.3 is 15.2 Å². The molecule has 0 bridgehead atoms. The maximum absolute atomic E-state index is 13.1. The molecule has 1 aromatic heterocycles. The summed E-state index contributed by atoms with van der Waals surface area (Å²) < 4.78 is 1.53. The Balaban J connectivity index is 1.53.